The Balaban J connectivity index is 0.919. The first-order chi connectivity index (χ1) is 29.5. The summed E-state index contributed by atoms with van der Waals surface area (Å²) in [5, 5.41) is 3.08. The average Bonchev–Trinajstić information content (AvgIpc) is 3.97. The molecule has 13 heteroatoms. The Morgan fingerprint density at radius 1 is 0.817 bits per heavy atom. The molecule has 7 aromatic rings. The second kappa shape index (κ2) is 17.6. The zero-order chi connectivity index (χ0) is 40.8. The van der Waals surface area contributed by atoms with Crippen molar-refractivity contribution >= 4 is 28.6 Å². The van der Waals surface area contributed by atoms with Gasteiger partial charge in [0.15, 0.2) is 17.8 Å². The van der Waals surface area contributed by atoms with Gasteiger partial charge in [-0.3, -0.25) is 9.36 Å². The first kappa shape index (κ1) is 38.7. The molecule has 0 atom stereocenters. The highest BCUT2D eigenvalue weighted by molar-refractivity contribution is 5.85. The fraction of sp³-hybridized carbons (Fsp3) is 0.234. The van der Waals surface area contributed by atoms with E-state index in [0.29, 0.717) is 55.0 Å². The minimum Gasteiger partial charge on any atom is -0.497 e. The molecule has 304 valence electrons. The van der Waals surface area contributed by atoms with Crippen molar-refractivity contribution in [3.63, 3.8) is 0 Å². The van der Waals surface area contributed by atoms with Gasteiger partial charge >= 0.3 is 0 Å². The van der Waals surface area contributed by atoms with E-state index >= 15 is 0 Å². The molecular weight excluding hydrogens is 759 g/mol. The van der Waals surface area contributed by atoms with Crippen molar-refractivity contribution in [1.29, 1.82) is 0 Å². The number of carbonyl (C=O) groups is 1. The van der Waals surface area contributed by atoms with E-state index < -0.39 is 6.29 Å². The van der Waals surface area contributed by atoms with Gasteiger partial charge in [0.25, 0.3) is 0 Å². The molecule has 2 fully saturated rings. The summed E-state index contributed by atoms with van der Waals surface area (Å²) in [5.74, 6) is 2.27. The molecule has 2 aliphatic rings. The topological polar surface area (TPSA) is 148 Å². The summed E-state index contributed by atoms with van der Waals surface area (Å²) in [5.41, 5.74) is 15.9. The number of morpholine rings is 1. The van der Waals surface area contributed by atoms with E-state index in [1.165, 1.54) is 5.69 Å². The van der Waals surface area contributed by atoms with Crippen molar-refractivity contribution in [1.82, 2.24) is 24.8 Å². The maximum Gasteiger partial charge on any atom is 0.224 e. The van der Waals surface area contributed by atoms with Crippen molar-refractivity contribution in [3.8, 4) is 39.8 Å². The molecule has 60 heavy (non-hydrogen) atoms. The Labute approximate surface area is 347 Å². The first-order valence-electron chi connectivity index (χ1n) is 20.0. The Hall–Kier alpha value is -6.80. The van der Waals surface area contributed by atoms with Gasteiger partial charge in [-0.15, -0.1) is 0 Å². The van der Waals surface area contributed by atoms with E-state index in [2.05, 4.69) is 39.5 Å². The number of nitrogens with zero attached hydrogens (tertiary/aromatic N) is 5. The lowest BCUT2D eigenvalue weighted by Crippen LogP contribution is -2.36. The van der Waals surface area contributed by atoms with Crippen molar-refractivity contribution in [2.75, 3.05) is 57.3 Å². The highest BCUT2D eigenvalue weighted by Crippen LogP contribution is 2.34. The Morgan fingerprint density at radius 3 is 2.30 bits per heavy atom. The predicted molar refractivity (Wildman–Crippen MR) is 229 cm³/mol. The molecule has 0 saturated carbocycles. The lowest BCUT2D eigenvalue weighted by atomic mass is 10.1. The quantitative estimate of drug-likeness (QED) is 0.124. The highest BCUT2D eigenvalue weighted by atomic mass is 16.7. The van der Waals surface area contributed by atoms with E-state index in [1.807, 2.05) is 95.6 Å². The zero-order valence-corrected chi connectivity index (χ0v) is 33.3. The standard InChI is InChI=1S/C47H45N7O6/c1-56-37-15-6-32(7-16-37)30-60-42-27-33(8-17-38(42)47-58-25-26-59-47)28-43(55)50-29-31-4-11-36(12-5-31)54-45(39-3-2-20-49-44(39)48)52-41-19-18-40(51-46(41)54)34-9-13-35(14-10-34)53-21-23-57-24-22-53/h2-20,27,47H,21-26,28-30H2,1H3,(H2,48,49)(H,50,55). The Bertz CT molecular complexity index is 2580. The van der Waals surface area contributed by atoms with Crippen LogP contribution in [0, 0.1) is 0 Å². The van der Waals surface area contributed by atoms with Gasteiger partial charge in [-0.2, -0.15) is 0 Å². The number of imidazole rings is 1. The van der Waals surface area contributed by atoms with Crippen molar-refractivity contribution in [2.24, 2.45) is 0 Å². The number of anilines is 2. The lowest BCUT2D eigenvalue weighted by Gasteiger charge is -2.28. The van der Waals surface area contributed by atoms with E-state index in [-0.39, 0.29) is 12.3 Å². The lowest BCUT2D eigenvalue weighted by molar-refractivity contribution is -0.120. The number of nitrogens with two attached hydrogens (primary N) is 1. The van der Waals surface area contributed by atoms with Crippen LogP contribution in [0.15, 0.2) is 121 Å². The SMILES string of the molecule is COc1ccc(COc2cc(CC(=O)NCc3ccc(-n4c(-c5cccnc5N)nc5ccc(-c6ccc(N7CCOCC7)cc6)nc54)cc3)ccc2C2OCCO2)cc1. The third-order valence-corrected chi connectivity index (χ3v) is 10.7. The molecule has 5 heterocycles. The van der Waals surface area contributed by atoms with E-state index in [4.69, 9.17) is 39.4 Å². The van der Waals surface area contributed by atoms with Gasteiger partial charge in [0.1, 0.15) is 29.4 Å². The number of fused-ring (bicyclic) bond motifs is 1. The molecule has 3 N–H and O–H groups in total. The number of rotatable bonds is 13. The number of amides is 1. The molecule has 0 spiro atoms. The predicted octanol–water partition coefficient (Wildman–Crippen LogP) is 7.06. The van der Waals surface area contributed by atoms with Crippen LogP contribution < -0.4 is 25.4 Å². The van der Waals surface area contributed by atoms with Gasteiger partial charge in [-0.1, -0.05) is 42.5 Å². The number of ether oxygens (including phenoxy) is 5. The number of carbonyl (C=O) groups excluding carboxylic acids is 1. The van der Waals surface area contributed by atoms with Crippen LogP contribution in [-0.4, -0.2) is 72.1 Å². The molecule has 3 aromatic heterocycles. The summed E-state index contributed by atoms with van der Waals surface area (Å²) >= 11 is 0. The van der Waals surface area contributed by atoms with Crippen LogP contribution in [-0.2, 0) is 38.6 Å². The van der Waals surface area contributed by atoms with Crippen LogP contribution in [0.5, 0.6) is 11.5 Å². The third-order valence-electron chi connectivity index (χ3n) is 10.7. The highest BCUT2D eigenvalue weighted by Gasteiger charge is 2.24. The molecule has 2 saturated heterocycles. The number of pyridine rings is 2. The number of hydrogen-bond donors (Lipinski definition) is 2. The maximum absolute atomic E-state index is 13.3. The zero-order valence-electron chi connectivity index (χ0n) is 33.3. The fourth-order valence-corrected chi connectivity index (χ4v) is 7.46. The van der Waals surface area contributed by atoms with Gasteiger partial charge in [0, 0.05) is 48.3 Å². The minimum absolute atomic E-state index is 0.119. The smallest absolute Gasteiger partial charge is 0.224 e. The molecular formula is C47H45N7O6. The number of nitrogens with one attached hydrogen (secondary N) is 1. The molecule has 13 nitrogen and oxygen atoms in total. The first-order valence-corrected chi connectivity index (χ1v) is 20.0. The molecule has 4 aromatic carbocycles. The number of nitrogen functional groups attached to an aromatic ring is 1. The van der Waals surface area contributed by atoms with Crippen molar-refractivity contribution in [3.05, 3.63) is 144 Å². The number of methoxy groups -OCH3 is 1. The summed E-state index contributed by atoms with van der Waals surface area (Å²) in [7, 11) is 1.64. The van der Waals surface area contributed by atoms with Gasteiger partial charge in [0.2, 0.25) is 5.91 Å². The minimum atomic E-state index is -0.518. The molecule has 2 aliphatic heterocycles. The second-order valence-corrected chi connectivity index (χ2v) is 14.6. The van der Waals surface area contributed by atoms with Crippen LogP contribution >= 0.6 is 0 Å². The van der Waals surface area contributed by atoms with Gasteiger partial charge in [-0.05, 0) is 89.5 Å². The van der Waals surface area contributed by atoms with Gasteiger partial charge in [-0.25, -0.2) is 15.0 Å². The Kier molecular flexibility index (Phi) is 11.3. The second-order valence-electron chi connectivity index (χ2n) is 14.6. The largest absolute Gasteiger partial charge is 0.497 e. The summed E-state index contributed by atoms with van der Waals surface area (Å²) < 4.78 is 30.7. The van der Waals surface area contributed by atoms with Gasteiger partial charge < -0.3 is 39.6 Å². The molecule has 0 unspecified atom stereocenters. The molecule has 9 rings (SSSR count). The van der Waals surface area contributed by atoms with Crippen LogP contribution in [0.25, 0.3) is 39.5 Å². The van der Waals surface area contributed by atoms with E-state index in [0.717, 1.165) is 76.8 Å². The summed E-state index contributed by atoms with van der Waals surface area (Å²) in [4.78, 5) is 30.1. The normalized spacial score (nSPS) is 14.4. The van der Waals surface area contributed by atoms with E-state index in [9.17, 15) is 4.79 Å². The van der Waals surface area contributed by atoms with Crippen LogP contribution in [0.3, 0.4) is 0 Å². The van der Waals surface area contributed by atoms with Crippen LogP contribution in [0.4, 0.5) is 11.5 Å². The summed E-state index contributed by atoms with van der Waals surface area (Å²) in [6.45, 7) is 4.92. The van der Waals surface area contributed by atoms with Gasteiger partial charge in [0.05, 0.1) is 51.2 Å². The molecule has 0 bridgehead atoms. The third kappa shape index (κ3) is 8.50. The maximum atomic E-state index is 13.3. The van der Waals surface area contributed by atoms with E-state index in [1.54, 1.807) is 13.3 Å². The molecule has 0 aliphatic carbocycles. The average molecular weight is 804 g/mol. The van der Waals surface area contributed by atoms with Crippen molar-refractivity contribution < 1.29 is 28.5 Å². The number of benzene rings is 4. The molecule has 0 radical (unpaired) electrons. The van der Waals surface area contributed by atoms with Crippen LogP contribution in [0.1, 0.15) is 28.5 Å². The summed E-state index contributed by atoms with van der Waals surface area (Å²) in [6.07, 6.45) is 1.32. The van der Waals surface area contributed by atoms with Crippen molar-refractivity contribution in [2.45, 2.75) is 25.9 Å². The fourth-order valence-electron chi connectivity index (χ4n) is 7.46. The van der Waals surface area contributed by atoms with Crippen LogP contribution in [0.2, 0.25) is 0 Å². The summed E-state index contributed by atoms with van der Waals surface area (Å²) in [6, 6.07) is 37.6. The number of hydrogen-bond acceptors (Lipinski definition) is 11. The Morgan fingerprint density at radius 2 is 1.55 bits per heavy atom. The molecule has 1 amide bonds. The number of aromatic nitrogens is 4. The monoisotopic (exact) mass is 803 g/mol.